The molecule has 0 aliphatic carbocycles. The lowest BCUT2D eigenvalue weighted by molar-refractivity contribution is -0.123. The Balaban J connectivity index is 1.44. The average molecular weight is 455 g/mol. The topological polar surface area (TPSA) is 92.3 Å². The second kappa shape index (κ2) is 7.94. The normalized spacial score (nSPS) is 20.6. The highest BCUT2D eigenvalue weighted by atomic mass is 35.5. The first kappa shape index (κ1) is 20.1. The summed E-state index contributed by atoms with van der Waals surface area (Å²) < 4.78 is 42.1. The molecule has 1 N–H and O–H groups in total. The van der Waals surface area contributed by atoms with E-state index in [-0.39, 0.29) is 23.0 Å². The molecule has 2 aromatic heterocycles. The van der Waals surface area contributed by atoms with Crippen molar-refractivity contribution in [3.05, 3.63) is 47.2 Å². The number of nitrogens with zero attached hydrogens (tertiary/aromatic N) is 3. The maximum Gasteiger partial charge on any atom is 0.244 e. The van der Waals surface area contributed by atoms with E-state index in [1.54, 1.807) is 17.6 Å². The number of halogens is 2. The van der Waals surface area contributed by atoms with Crippen molar-refractivity contribution in [2.45, 2.75) is 17.5 Å². The van der Waals surface area contributed by atoms with Crippen LogP contribution in [0.4, 0.5) is 10.1 Å². The van der Waals surface area contributed by atoms with E-state index < -0.39 is 34.6 Å². The van der Waals surface area contributed by atoms with Gasteiger partial charge in [0.25, 0.3) is 0 Å². The third-order valence-corrected chi connectivity index (χ3v) is 7.66. The predicted molar refractivity (Wildman–Crippen MR) is 109 cm³/mol. The Morgan fingerprint density at radius 1 is 1.28 bits per heavy atom. The van der Waals surface area contributed by atoms with Crippen LogP contribution in [0.5, 0.6) is 0 Å². The van der Waals surface area contributed by atoms with E-state index in [1.165, 1.54) is 23.5 Å². The summed E-state index contributed by atoms with van der Waals surface area (Å²) in [6.45, 7) is -0.358. The van der Waals surface area contributed by atoms with Gasteiger partial charge in [0.15, 0.2) is 0 Å². The number of hydrogen-bond donors (Lipinski definition) is 1. The molecule has 1 amide bonds. The van der Waals surface area contributed by atoms with Crippen LogP contribution < -0.4 is 5.32 Å². The molecule has 4 rings (SSSR count). The van der Waals surface area contributed by atoms with Crippen molar-refractivity contribution in [2.75, 3.05) is 18.4 Å². The quantitative estimate of drug-likeness (QED) is 0.610. The first-order valence-corrected chi connectivity index (χ1v) is 11.4. The van der Waals surface area contributed by atoms with E-state index in [1.807, 2.05) is 6.07 Å². The van der Waals surface area contributed by atoms with E-state index in [4.69, 9.17) is 11.6 Å². The van der Waals surface area contributed by atoms with Crippen LogP contribution in [0.1, 0.15) is 6.42 Å². The van der Waals surface area contributed by atoms with Gasteiger partial charge in [-0.2, -0.15) is 4.31 Å². The molecular formula is C18H16ClFN4O3S2. The summed E-state index contributed by atoms with van der Waals surface area (Å²) in [5, 5.41) is 2.87. The number of rotatable bonds is 4. The molecule has 152 valence electrons. The van der Waals surface area contributed by atoms with Crippen molar-refractivity contribution < 1.29 is 17.6 Å². The number of carbonyl (C=O) groups is 1. The summed E-state index contributed by atoms with van der Waals surface area (Å²) in [4.78, 5) is 20.4. The van der Waals surface area contributed by atoms with Crippen LogP contribution in [0, 0.1) is 5.92 Å². The van der Waals surface area contributed by atoms with Crippen LogP contribution in [-0.4, -0.2) is 47.9 Å². The number of pyridine rings is 1. The Kier molecular flexibility index (Phi) is 5.52. The van der Waals surface area contributed by atoms with Crippen molar-refractivity contribution in [1.29, 1.82) is 0 Å². The van der Waals surface area contributed by atoms with Gasteiger partial charge >= 0.3 is 0 Å². The molecule has 3 aromatic rings. The average Bonchev–Trinajstić information content (AvgIpc) is 3.16. The number of benzene rings is 1. The molecule has 1 aliphatic rings. The van der Waals surface area contributed by atoms with Crippen molar-refractivity contribution in [2.24, 2.45) is 5.92 Å². The van der Waals surface area contributed by atoms with Gasteiger partial charge in [-0.15, -0.1) is 11.3 Å². The van der Waals surface area contributed by atoms with Crippen LogP contribution in [-0.2, 0) is 14.8 Å². The largest absolute Gasteiger partial charge is 0.326 e. The number of anilines is 1. The second-order valence-electron chi connectivity index (χ2n) is 6.61. The molecule has 29 heavy (non-hydrogen) atoms. The van der Waals surface area contributed by atoms with Gasteiger partial charge in [0.2, 0.25) is 15.9 Å². The fraction of sp³-hybridized carbons (Fsp3) is 0.278. The third kappa shape index (κ3) is 4.11. The first-order chi connectivity index (χ1) is 13.8. The van der Waals surface area contributed by atoms with Gasteiger partial charge < -0.3 is 5.32 Å². The highest BCUT2D eigenvalue weighted by Gasteiger charge is 2.39. The predicted octanol–water partition coefficient (Wildman–Crippen LogP) is 3.33. The Morgan fingerprint density at radius 2 is 2.10 bits per heavy atom. The molecule has 11 heteroatoms. The summed E-state index contributed by atoms with van der Waals surface area (Å²) in [5.74, 6) is -1.41. The fourth-order valence-corrected chi connectivity index (χ4v) is 5.40. The molecule has 0 saturated carbocycles. The molecule has 2 unspecified atom stereocenters. The van der Waals surface area contributed by atoms with E-state index in [0.29, 0.717) is 5.69 Å². The number of hydrogen-bond acceptors (Lipinski definition) is 6. The SMILES string of the molecule is O=C(Nc1ccc2scnc2c1)C1CCN(S(=O)(=O)c2ccc(Cl)nc2)CC1F. The maximum atomic E-state index is 14.8. The van der Waals surface area contributed by atoms with E-state index >= 15 is 0 Å². The zero-order chi connectivity index (χ0) is 20.6. The van der Waals surface area contributed by atoms with Crippen LogP contribution >= 0.6 is 22.9 Å². The fourth-order valence-electron chi connectivity index (χ4n) is 3.23. The summed E-state index contributed by atoms with van der Waals surface area (Å²) in [5.41, 5.74) is 2.99. The van der Waals surface area contributed by atoms with E-state index in [0.717, 1.165) is 20.7 Å². The molecule has 1 aliphatic heterocycles. The number of nitrogens with one attached hydrogen (secondary N) is 1. The smallest absolute Gasteiger partial charge is 0.244 e. The highest BCUT2D eigenvalue weighted by molar-refractivity contribution is 7.89. The molecule has 2 atom stereocenters. The maximum absolute atomic E-state index is 14.8. The van der Waals surface area contributed by atoms with E-state index in [2.05, 4.69) is 15.3 Å². The van der Waals surface area contributed by atoms with Crippen LogP contribution in [0.2, 0.25) is 5.15 Å². The number of sulfonamides is 1. The minimum atomic E-state index is -3.90. The third-order valence-electron chi connectivity index (χ3n) is 4.78. The minimum Gasteiger partial charge on any atom is -0.326 e. The number of aromatic nitrogens is 2. The Morgan fingerprint density at radius 3 is 2.83 bits per heavy atom. The van der Waals surface area contributed by atoms with Crippen LogP contribution in [0.25, 0.3) is 10.2 Å². The monoisotopic (exact) mass is 454 g/mol. The molecule has 0 radical (unpaired) electrons. The molecule has 0 bridgehead atoms. The van der Waals surface area contributed by atoms with Crippen molar-refractivity contribution in [3.8, 4) is 0 Å². The van der Waals surface area contributed by atoms with Crippen molar-refractivity contribution in [1.82, 2.24) is 14.3 Å². The summed E-state index contributed by atoms with van der Waals surface area (Å²) in [6.07, 6.45) is -0.411. The van der Waals surface area contributed by atoms with Gasteiger partial charge in [-0.1, -0.05) is 11.6 Å². The van der Waals surface area contributed by atoms with Crippen LogP contribution in [0.15, 0.2) is 46.9 Å². The van der Waals surface area contributed by atoms with Gasteiger partial charge in [0.05, 0.1) is 21.6 Å². The van der Waals surface area contributed by atoms with Gasteiger partial charge in [0.1, 0.15) is 16.2 Å². The lowest BCUT2D eigenvalue weighted by Crippen LogP contribution is -2.48. The van der Waals surface area contributed by atoms with Gasteiger partial charge in [-0.25, -0.2) is 22.8 Å². The van der Waals surface area contributed by atoms with E-state index in [9.17, 15) is 17.6 Å². The molecule has 7 nitrogen and oxygen atoms in total. The van der Waals surface area contributed by atoms with Gasteiger partial charge in [-0.05, 0) is 36.8 Å². The molecule has 1 saturated heterocycles. The van der Waals surface area contributed by atoms with Crippen molar-refractivity contribution in [3.63, 3.8) is 0 Å². The second-order valence-corrected chi connectivity index (χ2v) is 9.83. The Bertz CT molecular complexity index is 1150. The summed E-state index contributed by atoms with van der Waals surface area (Å²) in [7, 11) is -3.90. The van der Waals surface area contributed by atoms with Crippen LogP contribution in [0.3, 0.4) is 0 Å². The number of carbonyl (C=O) groups excluding carboxylic acids is 1. The first-order valence-electron chi connectivity index (χ1n) is 8.74. The van der Waals surface area contributed by atoms with Gasteiger partial charge in [-0.3, -0.25) is 4.79 Å². The standard InChI is InChI=1S/C18H16ClFN4O3S2/c19-17-4-2-12(8-21-17)29(26,27)24-6-5-13(14(20)9-24)18(25)23-11-1-3-16-15(7-11)22-10-28-16/h1-4,7-8,10,13-14H,5-6,9H2,(H,23,25). The Hall–Kier alpha value is -2.14. The number of piperidine rings is 1. The minimum absolute atomic E-state index is 0.0363. The summed E-state index contributed by atoms with van der Waals surface area (Å²) in [6, 6.07) is 7.99. The molecule has 1 aromatic carbocycles. The molecule has 0 spiro atoms. The lowest BCUT2D eigenvalue weighted by atomic mass is 9.95. The number of amides is 1. The number of thiazole rings is 1. The zero-order valence-electron chi connectivity index (χ0n) is 15.0. The van der Waals surface area contributed by atoms with Crippen molar-refractivity contribution >= 4 is 54.8 Å². The number of fused-ring (bicyclic) bond motifs is 1. The molecule has 1 fully saturated rings. The number of alkyl halides is 1. The lowest BCUT2D eigenvalue weighted by Gasteiger charge is -2.33. The van der Waals surface area contributed by atoms with Gasteiger partial charge in [0, 0.05) is 25.0 Å². The highest BCUT2D eigenvalue weighted by Crippen LogP contribution is 2.28. The Labute approximate surface area is 175 Å². The summed E-state index contributed by atoms with van der Waals surface area (Å²) >= 11 is 7.18. The molecular weight excluding hydrogens is 439 g/mol. The molecule has 3 heterocycles. The zero-order valence-corrected chi connectivity index (χ0v) is 17.3.